The van der Waals surface area contributed by atoms with Crippen LogP contribution in [-0.4, -0.2) is 50.3 Å². The number of rotatable bonds is 7. The van der Waals surface area contributed by atoms with Crippen molar-refractivity contribution in [3.63, 3.8) is 0 Å². The van der Waals surface area contributed by atoms with E-state index in [9.17, 15) is 22.4 Å². The molecule has 37 heavy (non-hydrogen) atoms. The zero-order chi connectivity index (χ0) is 26.7. The van der Waals surface area contributed by atoms with Crippen molar-refractivity contribution in [2.45, 2.75) is 11.8 Å². The number of aromatic nitrogens is 1. The topological polar surface area (TPSA) is 106 Å². The molecule has 1 aromatic heterocycles. The second-order valence-electron chi connectivity index (χ2n) is 8.47. The van der Waals surface area contributed by atoms with E-state index in [-0.39, 0.29) is 16.1 Å². The molecule has 0 aliphatic carbocycles. The number of benzene rings is 3. The Labute approximate surface area is 213 Å². The minimum atomic E-state index is -3.69. The van der Waals surface area contributed by atoms with E-state index in [1.54, 1.807) is 49.4 Å². The maximum atomic E-state index is 13.4. The summed E-state index contributed by atoms with van der Waals surface area (Å²) >= 11 is 0. The summed E-state index contributed by atoms with van der Waals surface area (Å²) in [6.07, 6.45) is 0. The van der Waals surface area contributed by atoms with Crippen LogP contribution in [0.15, 0.2) is 77.7 Å². The van der Waals surface area contributed by atoms with Gasteiger partial charge in [-0.15, -0.1) is 0 Å². The van der Waals surface area contributed by atoms with Gasteiger partial charge in [0.25, 0.3) is 5.91 Å². The highest BCUT2D eigenvalue weighted by Crippen LogP contribution is 2.26. The Kier molecular flexibility index (Phi) is 7.33. The van der Waals surface area contributed by atoms with Crippen molar-refractivity contribution in [3.8, 4) is 11.3 Å². The second-order valence-corrected chi connectivity index (χ2v) is 10.6. The number of esters is 1. The van der Waals surface area contributed by atoms with Crippen LogP contribution in [0.2, 0.25) is 0 Å². The summed E-state index contributed by atoms with van der Waals surface area (Å²) in [5.74, 6) is -1.76. The van der Waals surface area contributed by atoms with Gasteiger partial charge < -0.3 is 10.1 Å². The number of pyridine rings is 1. The molecule has 190 valence electrons. The first-order valence-corrected chi connectivity index (χ1v) is 12.7. The zero-order valence-corrected chi connectivity index (χ0v) is 21.2. The predicted octanol–water partition coefficient (Wildman–Crippen LogP) is 4.40. The molecule has 10 heteroatoms. The Morgan fingerprint density at radius 2 is 1.70 bits per heavy atom. The van der Waals surface area contributed by atoms with E-state index in [4.69, 9.17) is 4.74 Å². The highest BCUT2D eigenvalue weighted by atomic mass is 32.2. The smallest absolute Gasteiger partial charge is 0.339 e. The average Bonchev–Trinajstić information content (AvgIpc) is 2.88. The average molecular weight is 522 g/mol. The van der Waals surface area contributed by atoms with Crippen molar-refractivity contribution in [3.05, 3.63) is 89.7 Å². The van der Waals surface area contributed by atoms with Gasteiger partial charge in [0.05, 0.1) is 21.7 Å². The number of fused-ring (bicyclic) bond motifs is 1. The maximum absolute atomic E-state index is 13.4. The lowest BCUT2D eigenvalue weighted by atomic mass is 10.0. The number of nitrogens with one attached hydrogen (secondary N) is 1. The molecule has 8 nitrogen and oxygen atoms in total. The molecule has 0 fully saturated rings. The first kappa shape index (κ1) is 25.9. The minimum absolute atomic E-state index is 0.0203. The Bertz CT molecular complexity index is 1600. The molecular formula is C27H24FN3O5S. The molecule has 0 saturated carbocycles. The number of ether oxygens (including phenoxy) is 1. The molecular weight excluding hydrogens is 497 g/mol. The number of carbonyl (C=O) groups is 2. The highest BCUT2D eigenvalue weighted by Gasteiger charge is 2.20. The van der Waals surface area contributed by atoms with Crippen LogP contribution in [0.25, 0.3) is 22.2 Å². The third kappa shape index (κ3) is 5.65. The fourth-order valence-corrected chi connectivity index (χ4v) is 4.54. The quantitative estimate of drug-likeness (QED) is 0.362. The largest absolute Gasteiger partial charge is 0.452 e. The highest BCUT2D eigenvalue weighted by molar-refractivity contribution is 7.89. The summed E-state index contributed by atoms with van der Waals surface area (Å²) < 4.78 is 44.6. The van der Waals surface area contributed by atoms with Crippen LogP contribution >= 0.6 is 0 Å². The molecule has 0 aliphatic rings. The van der Waals surface area contributed by atoms with Gasteiger partial charge in [0.2, 0.25) is 10.0 Å². The molecule has 1 heterocycles. The van der Waals surface area contributed by atoms with E-state index >= 15 is 0 Å². The first-order valence-electron chi connectivity index (χ1n) is 11.2. The molecule has 0 unspecified atom stereocenters. The van der Waals surface area contributed by atoms with Crippen LogP contribution in [0.4, 0.5) is 10.1 Å². The summed E-state index contributed by atoms with van der Waals surface area (Å²) in [4.78, 5) is 30.2. The third-order valence-corrected chi connectivity index (χ3v) is 7.48. The lowest BCUT2D eigenvalue weighted by Gasteiger charge is -2.14. The van der Waals surface area contributed by atoms with E-state index in [2.05, 4.69) is 10.3 Å². The molecule has 0 atom stereocenters. The van der Waals surface area contributed by atoms with Crippen LogP contribution in [-0.2, 0) is 19.6 Å². The van der Waals surface area contributed by atoms with Crippen molar-refractivity contribution in [2.75, 3.05) is 26.0 Å². The van der Waals surface area contributed by atoms with Gasteiger partial charge in [-0.3, -0.25) is 4.79 Å². The summed E-state index contributed by atoms with van der Waals surface area (Å²) in [6, 6.07) is 18.6. The number of aryl methyl sites for hydroxylation is 1. The van der Waals surface area contributed by atoms with Crippen molar-refractivity contribution >= 4 is 38.5 Å². The summed E-state index contributed by atoms with van der Waals surface area (Å²) in [7, 11) is -0.866. The maximum Gasteiger partial charge on any atom is 0.339 e. The van der Waals surface area contributed by atoms with E-state index in [1.807, 2.05) is 0 Å². The van der Waals surface area contributed by atoms with E-state index in [0.717, 1.165) is 4.31 Å². The number of nitrogens with zero attached hydrogens (tertiary/aromatic N) is 2. The lowest BCUT2D eigenvalue weighted by Crippen LogP contribution is -2.24. The molecule has 1 N–H and O–H groups in total. The van der Waals surface area contributed by atoms with Crippen LogP contribution in [0.5, 0.6) is 0 Å². The van der Waals surface area contributed by atoms with E-state index in [1.165, 1.54) is 44.4 Å². The molecule has 4 rings (SSSR count). The van der Waals surface area contributed by atoms with Crippen molar-refractivity contribution < 1.29 is 27.1 Å². The van der Waals surface area contributed by atoms with Crippen LogP contribution < -0.4 is 5.32 Å². The van der Waals surface area contributed by atoms with Crippen molar-refractivity contribution in [2.24, 2.45) is 0 Å². The molecule has 0 spiro atoms. The van der Waals surface area contributed by atoms with Crippen LogP contribution in [0, 0.1) is 12.7 Å². The van der Waals surface area contributed by atoms with Crippen molar-refractivity contribution in [1.29, 1.82) is 0 Å². The van der Waals surface area contributed by atoms with Gasteiger partial charge in [-0.1, -0.05) is 24.3 Å². The normalized spacial score (nSPS) is 11.5. The van der Waals surface area contributed by atoms with E-state index in [0.29, 0.717) is 27.7 Å². The lowest BCUT2D eigenvalue weighted by molar-refractivity contribution is -0.119. The van der Waals surface area contributed by atoms with Crippen LogP contribution in [0.1, 0.15) is 15.9 Å². The van der Waals surface area contributed by atoms with Crippen molar-refractivity contribution in [1.82, 2.24) is 9.29 Å². The fraction of sp³-hybridized carbons (Fsp3) is 0.148. The molecule has 0 bridgehead atoms. The number of hydrogen-bond acceptors (Lipinski definition) is 6. The van der Waals surface area contributed by atoms with Gasteiger partial charge in [-0.2, -0.15) is 0 Å². The Morgan fingerprint density at radius 1 is 1.00 bits per heavy atom. The second kappa shape index (κ2) is 10.5. The summed E-state index contributed by atoms with van der Waals surface area (Å²) in [5, 5.41) is 3.14. The molecule has 0 aliphatic heterocycles. The van der Waals surface area contributed by atoms with Gasteiger partial charge in [0.15, 0.2) is 6.61 Å². The monoisotopic (exact) mass is 521 g/mol. The number of sulfonamides is 1. The van der Waals surface area contributed by atoms with Gasteiger partial charge in [-0.25, -0.2) is 26.9 Å². The zero-order valence-electron chi connectivity index (χ0n) is 20.4. The standard InChI is InChI=1S/C27H24FN3O5S/c1-17-8-13-20(37(34,35)31(2)3)14-24(17)30-26(32)16-36-27(33)22-15-25(18-9-11-19(28)12-10-18)29-23-7-5-4-6-21(22)23/h4-15H,16H2,1-3H3,(H,30,32). The Hall–Kier alpha value is -4.15. The van der Waals surface area contributed by atoms with Gasteiger partial charge in [-0.05, 0) is 61.0 Å². The molecule has 3 aromatic carbocycles. The number of carbonyl (C=O) groups excluding carboxylic acids is 2. The minimum Gasteiger partial charge on any atom is -0.452 e. The van der Waals surface area contributed by atoms with Gasteiger partial charge in [0, 0.05) is 30.7 Å². The number of hydrogen-bond donors (Lipinski definition) is 1. The van der Waals surface area contributed by atoms with Crippen LogP contribution in [0.3, 0.4) is 0 Å². The van der Waals surface area contributed by atoms with Gasteiger partial charge >= 0.3 is 5.97 Å². The Morgan fingerprint density at radius 3 is 2.41 bits per heavy atom. The first-order chi connectivity index (χ1) is 17.6. The number of halogens is 1. The fourth-order valence-electron chi connectivity index (χ4n) is 3.62. The van der Waals surface area contributed by atoms with E-state index < -0.39 is 34.3 Å². The number of anilines is 1. The summed E-state index contributed by atoms with van der Waals surface area (Å²) in [6.45, 7) is 1.12. The molecule has 4 aromatic rings. The number of para-hydroxylation sites is 1. The third-order valence-electron chi connectivity index (χ3n) is 5.67. The number of amides is 1. The SMILES string of the molecule is Cc1ccc(S(=O)(=O)N(C)C)cc1NC(=O)COC(=O)c1cc(-c2ccc(F)cc2)nc2ccccc12. The molecule has 1 amide bonds. The molecule has 0 saturated heterocycles. The Balaban J connectivity index is 1.54. The van der Waals surface area contributed by atoms with Gasteiger partial charge in [0.1, 0.15) is 5.82 Å². The predicted molar refractivity (Wildman–Crippen MR) is 138 cm³/mol. The molecule has 0 radical (unpaired) electrons. The summed E-state index contributed by atoms with van der Waals surface area (Å²) in [5.41, 5.74) is 2.73.